The van der Waals surface area contributed by atoms with Gasteiger partial charge in [-0.2, -0.15) is 0 Å². The molecule has 0 spiro atoms. The molecule has 1 saturated heterocycles. The zero-order valence-corrected chi connectivity index (χ0v) is 9.39. The topological polar surface area (TPSA) is 75.0 Å². The van der Waals surface area contributed by atoms with Crippen molar-refractivity contribution in [3.8, 4) is 0 Å². The van der Waals surface area contributed by atoms with Crippen LogP contribution in [0, 0.1) is 0 Å². The maximum absolute atomic E-state index is 10.7. The second-order valence-electron chi connectivity index (χ2n) is 4.52. The minimum absolute atomic E-state index is 0.262. The van der Waals surface area contributed by atoms with Crippen molar-refractivity contribution in [2.24, 2.45) is 5.73 Å². The number of H-pyrrole nitrogens is 1. The van der Waals surface area contributed by atoms with Crippen molar-refractivity contribution in [2.45, 2.75) is 5.92 Å². The highest BCUT2D eigenvalue weighted by molar-refractivity contribution is 5.77. The highest BCUT2D eigenvalue weighted by Gasteiger charge is 2.29. The molecule has 2 aromatic rings. The standard InChI is InChI=1S/C12H14N4O/c13-11(17)7-16-5-9(6-16)10-4-8-2-1-3-14-12(8)15-10/h1-4,9H,5-7H2,(H2,13,17)(H,14,15). The molecule has 2 aromatic heterocycles. The van der Waals surface area contributed by atoms with Crippen LogP contribution in [0.4, 0.5) is 0 Å². The van der Waals surface area contributed by atoms with Gasteiger partial charge in [0.15, 0.2) is 0 Å². The smallest absolute Gasteiger partial charge is 0.231 e. The zero-order valence-electron chi connectivity index (χ0n) is 9.39. The molecule has 17 heavy (non-hydrogen) atoms. The molecule has 5 nitrogen and oxygen atoms in total. The summed E-state index contributed by atoms with van der Waals surface area (Å²) in [5, 5.41) is 1.14. The molecule has 0 saturated carbocycles. The quantitative estimate of drug-likeness (QED) is 0.803. The Hall–Kier alpha value is -1.88. The van der Waals surface area contributed by atoms with Gasteiger partial charge in [-0.3, -0.25) is 9.69 Å². The number of hydrogen-bond acceptors (Lipinski definition) is 3. The minimum Gasteiger partial charge on any atom is -0.369 e. The van der Waals surface area contributed by atoms with E-state index in [1.807, 2.05) is 17.0 Å². The molecule has 88 valence electrons. The van der Waals surface area contributed by atoms with Gasteiger partial charge in [0.25, 0.3) is 0 Å². The largest absolute Gasteiger partial charge is 0.369 e. The summed E-state index contributed by atoms with van der Waals surface area (Å²) >= 11 is 0. The molecule has 0 atom stereocenters. The molecule has 1 aliphatic rings. The summed E-state index contributed by atoms with van der Waals surface area (Å²) in [4.78, 5) is 20.4. The number of nitrogens with zero attached hydrogens (tertiary/aromatic N) is 2. The Labute approximate surface area is 98.6 Å². The molecule has 1 fully saturated rings. The number of pyridine rings is 1. The van der Waals surface area contributed by atoms with Gasteiger partial charge in [-0.25, -0.2) is 4.98 Å². The van der Waals surface area contributed by atoms with Gasteiger partial charge in [0.2, 0.25) is 5.91 Å². The Balaban J connectivity index is 1.72. The van der Waals surface area contributed by atoms with Crippen LogP contribution < -0.4 is 5.73 Å². The number of likely N-dealkylation sites (tertiary alicyclic amines) is 1. The van der Waals surface area contributed by atoms with Crippen LogP contribution in [0.5, 0.6) is 0 Å². The summed E-state index contributed by atoms with van der Waals surface area (Å²) in [5.74, 6) is 0.199. The van der Waals surface area contributed by atoms with Crippen LogP contribution in [0.2, 0.25) is 0 Å². The lowest BCUT2D eigenvalue weighted by atomic mass is 9.96. The van der Waals surface area contributed by atoms with Crippen molar-refractivity contribution >= 4 is 16.9 Å². The molecular weight excluding hydrogens is 216 g/mol. The van der Waals surface area contributed by atoms with E-state index in [1.54, 1.807) is 6.20 Å². The third-order valence-electron chi connectivity index (χ3n) is 3.19. The van der Waals surface area contributed by atoms with E-state index < -0.39 is 0 Å². The first-order valence-corrected chi connectivity index (χ1v) is 5.66. The Bertz CT molecular complexity index is 523. The zero-order chi connectivity index (χ0) is 11.8. The third-order valence-corrected chi connectivity index (χ3v) is 3.19. The number of nitrogens with two attached hydrogens (primary N) is 1. The fourth-order valence-corrected chi connectivity index (χ4v) is 2.31. The number of fused-ring (bicyclic) bond motifs is 1. The molecular formula is C12H14N4O. The number of nitrogens with one attached hydrogen (secondary N) is 1. The fourth-order valence-electron chi connectivity index (χ4n) is 2.31. The van der Waals surface area contributed by atoms with E-state index in [2.05, 4.69) is 16.0 Å². The number of primary amides is 1. The first kappa shape index (κ1) is 10.3. The van der Waals surface area contributed by atoms with E-state index in [0.717, 1.165) is 24.1 Å². The normalized spacial score (nSPS) is 17.2. The van der Waals surface area contributed by atoms with Gasteiger partial charge in [0.1, 0.15) is 5.65 Å². The minimum atomic E-state index is -0.262. The molecule has 1 aliphatic heterocycles. The lowest BCUT2D eigenvalue weighted by Crippen LogP contribution is -2.48. The van der Waals surface area contributed by atoms with Crippen molar-refractivity contribution in [3.05, 3.63) is 30.1 Å². The summed E-state index contributed by atoms with van der Waals surface area (Å²) in [6.07, 6.45) is 1.78. The number of rotatable bonds is 3. The lowest BCUT2D eigenvalue weighted by Gasteiger charge is -2.37. The second-order valence-corrected chi connectivity index (χ2v) is 4.52. The van der Waals surface area contributed by atoms with Crippen LogP contribution in [0.15, 0.2) is 24.4 Å². The van der Waals surface area contributed by atoms with Gasteiger partial charge < -0.3 is 10.7 Å². The van der Waals surface area contributed by atoms with Crippen LogP contribution in [0.1, 0.15) is 11.6 Å². The van der Waals surface area contributed by atoms with Crippen molar-refractivity contribution in [3.63, 3.8) is 0 Å². The molecule has 5 heteroatoms. The number of hydrogen-bond donors (Lipinski definition) is 2. The van der Waals surface area contributed by atoms with E-state index >= 15 is 0 Å². The van der Waals surface area contributed by atoms with Gasteiger partial charge in [-0.1, -0.05) is 0 Å². The van der Waals surface area contributed by atoms with E-state index in [0.29, 0.717) is 12.5 Å². The Kier molecular flexibility index (Phi) is 2.33. The van der Waals surface area contributed by atoms with Crippen LogP contribution in [-0.2, 0) is 4.79 Å². The van der Waals surface area contributed by atoms with Gasteiger partial charge in [0, 0.05) is 36.3 Å². The highest BCUT2D eigenvalue weighted by atomic mass is 16.1. The van der Waals surface area contributed by atoms with Gasteiger partial charge in [0.05, 0.1) is 6.54 Å². The molecule has 0 aliphatic carbocycles. The number of carbonyl (C=O) groups excluding carboxylic acids is 1. The molecule has 0 bridgehead atoms. The van der Waals surface area contributed by atoms with Crippen LogP contribution in [0.25, 0.3) is 11.0 Å². The van der Waals surface area contributed by atoms with E-state index in [1.165, 1.54) is 5.69 Å². The van der Waals surface area contributed by atoms with Crippen molar-refractivity contribution in [2.75, 3.05) is 19.6 Å². The summed E-state index contributed by atoms with van der Waals surface area (Å²) in [7, 11) is 0. The van der Waals surface area contributed by atoms with Gasteiger partial charge in [-0.05, 0) is 18.2 Å². The van der Waals surface area contributed by atoms with Crippen molar-refractivity contribution < 1.29 is 4.79 Å². The predicted molar refractivity (Wildman–Crippen MR) is 64.5 cm³/mol. The van der Waals surface area contributed by atoms with Gasteiger partial charge in [-0.15, -0.1) is 0 Å². The Morgan fingerprint density at radius 2 is 2.41 bits per heavy atom. The molecule has 0 radical (unpaired) electrons. The number of amides is 1. The predicted octanol–water partition coefficient (Wildman–Crippen LogP) is 0.447. The van der Waals surface area contributed by atoms with E-state index in [9.17, 15) is 4.79 Å². The maximum atomic E-state index is 10.7. The number of aromatic nitrogens is 2. The van der Waals surface area contributed by atoms with Crippen LogP contribution in [-0.4, -0.2) is 40.4 Å². The molecule has 0 aromatic carbocycles. The Morgan fingerprint density at radius 3 is 3.12 bits per heavy atom. The van der Waals surface area contributed by atoms with E-state index in [-0.39, 0.29) is 5.91 Å². The van der Waals surface area contributed by atoms with Crippen LogP contribution >= 0.6 is 0 Å². The van der Waals surface area contributed by atoms with Crippen molar-refractivity contribution in [1.82, 2.24) is 14.9 Å². The summed E-state index contributed by atoms with van der Waals surface area (Å²) < 4.78 is 0. The average Bonchev–Trinajstić information content (AvgIpc) is 2.65. The summed E-state index contributed by atoms with van der Waals surface area (Å²) in [6.45, 7) is 2.13. The highest BCUT2D eigenvalue weighted by Crippen LogP contribution is 2.27. The van der Waals surface area contributed by atoms with Crippen molar-refractivity contribution in [1.29, 1.82) is 0 Å². The first-order valence-electron chi connectivity index (χ1n) is 5.66. The molecule has 3 heterocycles. The van der Waals surface area contributed by atoms with E-state index in [4.69, 9.17) is 5.73 Å². The maximum Gasteiger partial charge on any atom is 0.231 e. The number of carbonyl (C=O) groups is 1. The summed E-state index contributed by atoms with van der Waals surface area (Å²) in [5.41, 5.74) is 7.27. The molecule has 3 N–H and O–H groups in total. The molecule has 1 amide bonds. The monoisotopic (exact) mass is 230 g/mol. The Morgan fingerprint density at radius 1 is 1.59 bits per heavy atom. The first-order chi connectivity index (χ1) is 8.22. The average molecular weight is 230 g/mol. The SMILES string of the molecule is NC(=O)CN1CC(c2cc3cccnc3[nH]2)C1. The van der Waals surface area contributed by atoms with Crippen LogP contribution in [0.3, 0.4) is 0 Å². The molecule has 3 rings (SSSR count). The number of aromatic amines is 1. The molecule has 0 unspecified atom stereocenters. The van der Waals surface area contributed by atoms with Gasteiger partial charge >= 0.3 is 0 Å². The summed E-state index contributed by atoms with van der Waals surface area (Å²) in [6, 6.07) is 6.11. The fraction of sp³-hybridized carbons (Fsp3) is 0.333. The second kappa shape index (κ2) is 3.85. The lowest BCUT2D eigenvalue weighted by molar-refractivity contribution is -0.120. The third kappa shape index (κ3) is 1.89.